The van der Waals surface area contributed by atoms with E-state index in [2.05, 4.69) is 4.72 Å². The SMILES string of the molecule is CN1C(=C2SC(=Nc3cccc(NS(=O)(=O)c4cccs4)c3)N(Cc3ccccc3)C2=O)Sc2ccccc21. The van der Waals surface area contributed by atoms with Gasteiger partial charge in [-0.1, -0.05) is 66.4 Å². The molecule has 39 heavy (non-hydrogen) atoms. The lowest BCUT2D eigenvalue weighted by Gasteiger charge is -2.17. The number of thioether (sulfide) groups is 2. The maximum atomic E-state index is 13.8. The topological polar surface area (TPSA) is 82.1 Å². The molecule has 1 aromatic heterocycles. The zero-order chi connectivity index (χ0) is 27.0. The van der Waals surface area contributed by atoms with E-state index < -0.39 is 10.0 Å². The van der Waals surface area contributed by atoms with Gasteiger partial charge < -0.3 is 4.90 Å². The van der Waals surface area contributed by atoms with Gasteiger partial charge in [0.25, 0.3) is 15.9 Å². The fourth-order valence-corrected chi connectivity index (χ4v) is 8.58. The third-order valence-electron chi connectivity index (χ3n) is 6.06. The molecule has 0 aliphatic carbocycles. The number of rotatable bonds is 6. The van der Waals surface area contributed by atoms with Crippen LogP contribution in [0.15, 0.2) is 120 Å². The van der Waals surface area contributed by atoms with Crippen LogP contribution < -0.4 is 9.62 Å². The second kappa shape index (κ2) is 10.6. The van der Waals surface area contributed by atoms with Gasteiger partial charge in [-0.3, -0.25) is 14.4 Å². The number of nitrogens with one attached hydrogen (secondary N) is 1. The molecule has 1 amide bonds. The summed E-state index contributed by atoms with van der Waals surface area (Å²) in [5.41, 5.74) is 2.98. The first-order valence-electron chi connectivity index (χ1n) is 11.9. The van der Waals surface area contributed by atoms with Gasteiger partial charge in [-0.2, -0.15) is 0 Å². The van der Waals surface area contributed by atoms with Crippen LogP contribution in [0.2, 0.25) is 0 Å². The highest BCUT2D eigenvalue weighted by Crippen LogP contribution is 2.50. The lowest BCUT2D eigenvalue weighted by Crippen LogP contribution is -2.29. The van der Waals surface area contributed by atoms with E-state index >= 15 is 0 Å². The van der Waals surface area contributed by atoms with Crippen LogP contribution >= 0.6 is 34.9 Å². The Labute approximate surface area is 239 Å². The molecular formula is C28H22N4O3S4. The molecule has 2 aliphatic rings. The minimum Gasteiger partial charge on any atom is -0.337 e. The van der Waals surface area contributed by atoms with Gasteiger partial charge in [0, 0.05) is 11.9 Å². The zero-order valence-corrected chi connectivity index (χ0v) is 23.9. The van der Waals surface area contributed by atoms with Gasteiger partial charge in [0.15, 0.2) is 5.17 Å². The van der Waals surface area contributed by atoms with E-state index in [1.54, 1.807) is 58.4 Å². The highest BCUT2D eigenvalue weighted by molar-refractivity contribution is 8.19. The first-order valence-corrected chi connectivity index (χ1v) is 15.9. The molecule has 11 heteroatoms. The van der Waals surface area contributed by atoms with Crippen LogP contribution in [-0.2, 0) is 21.4 Å². The van der Waals surface area contributed by atoms with Crippen molar-refractivity contribution in [2.45, 2.75) is 15.6 Å². The van der Waals surface area contributed by atoms with E-state index in [1.807, 2.05) is 66.5 Å². The van der Waals surface area contributed by atoms with Crippen LogP contribution in [0.4, 0.5) is 17.1 Å². The number of fused-ring (bicyclic) bond motifs is 1. The molecule has 0 spiro atoms. The number of thiophene rings is 1. The Morgan fingerprint density at radius 2 is 1.69 bits per heavy atom. The quantitative estimate of drug-likeness (QED) is 0.251. The van der Waals surface area contributed by atoms with E-state index in [-0.39, 0.29) is 10.1 Å². The molecule has 6 rings (SSSR count). The normalized spacial score (nSPS) is 18.2. The Kier molecular flexibility index (Phi) is 6.98. The molecule has 1 N–H and O–H groups in total. The number of anilines is 2. The molecule has 3 aromatic carbocycles. The van der Waals surface area contributed by atoms with E-state index in [9.17, 15) is 13.2 Å². The van der Waals surface area contributed by atoms with Crippen molar-refractivity contribution in [3.05, 3.63) is 112 Å². The molecule has 0 saturated carbocycles. The van der Waals surface area contributed by atoms with Gasteiger partial charge in [-0.15, -0.1) is 11.3 Å². The highest BCUT2D eigenvalue weighted by atomic mass is 32.2. The molecule has 0 bridgehead atoms. The molecular weight excluding hydrogens is 569 g/mol. The van der Waals surface area contributed by atoms with Gasteiger partial charge in [-0.05, 0) is 59.1 Å². The Hall–Kier alpha value is -3.51. The Morgan fingerprint density at radius 1 is 0.897 bits per heavy atom. The number of sulfonamides is 1. The summed E-state index contributed by atoms with van der Waals surface area (Å²) in [4.78, 5) is 24.1. The molecule has 3 heterocycles. The third kappa shape index (κ3) is 5.22. The van der Waals surface area contributed by atoms with E-state index in [4.69, 9.17) is 4.99 Å². The number of nitrogens with zero attached hydrogens (tertiary/aromatic N) is 3. The molecule has 1 fully saturated rings. The van der Waals surface area contributed by atoms with Crippen molar-refractivity contribution in [3.8, 4) is 0 Å². The first-order chi connectivity index (χ1) is 18.9. The monoisotopic (exact) mass is 590 g/mol. The lowest BCUT2D eigenvalue weighted by molar-refractivity contribution is -0.122. The minimum atomic E-state index is -3.69. The highest BCUT2D eigenvalue weighted by Gasteiger charge is 2.39. The van der Waals surface area contributed by atoms with Crippen LogP contribution in [0.3, 0.4) is 0 Å². The fraction of sp³-hybridized carbons (Fsp3) is 0.0714. The Bertz CT molecular complexity index is 1720. The van der Waals surface area contributed by atoms with E-state index in [0.717, 1.165) is 32.5 Å². The second-order valence-corrected chi connectivity index (χ2v) is 13.6. The zero-order valence-electron chi connectivity index (χ0n) is 20.6. The van der Waals surface area contributed by atoms with Crippen LogP contribution in [0.1, 0.15) is 5.56 Å². The number of para-hydroxylation sites is 1. The summed E-state index contributed by atoms with van der Waals surface area (Å²) in [5, 5.41) is 3.12. The third-order valence-corrected chi connectivity index (χ3v) is 11.3. The Balaban J connectivity index is 1.35. The maximum Gasteiger partial charge on any atom is 0.271 e. The van der Waals surface area contributed by atoms with Gasteiger partial charge in [0.1, 0.15) is 9.11 Å². The predicted molar refractivity (Wildman–Crippen MR) is 161 cm³/mol. The molecule has 4 aromatic rings. The summed E-state index contributed by atoms with van der Waals surface area (Å²) in [5.74, 6) is -0.112. The van der Waals surface area contributed by atoms with Crippen molar-refractivity contribution in [2.75, 3.05) is 16.7 Å². The van der Waals surface area contributed by atoms with Gasteiger partial charge >= 0.3 is 0 Å². The van der Waals surface area contributed by atoms with Gasteiger partial charge in [0.2, 0.25) is 0 Å². The summed E-state index contributed by atoms with van der Waals surface area (Å²) in [6.45, 7) is 0.369. The smallest absolute Gasteiger partial charge is 0.271 e. The molecule has 2 aliphatic heterocycles. The number of amidine groups is 1. The van der Waals surface area contributed by atoms with Gasteiger partial charge in [0.05, 0.1) is 28.6 Å². The standard InChI is InChI=1S/C28H22N4O3S4/c1-31-22-13-5-6-14-23(22)37-27(31)25-26(33)32(18-19-9-3-2-4-10-19)28(38-25)29-20-11-7-12-21(17-20)30-39(34,35)24-15-8-16-36-24/h2-17,30H,18H2,1H3. The molecule has 0 radical (unpaired) electrons. The summed E-state index contributed by atoms with van der Waals surface area (Å²) >= 11 is 4.06. The average molecular weight is 591 g/mol. The maximum absolute atomic E-state index is 13.8. The van der Waals surface area contributed by atoms with Crippen molar-refractivity contribution in [3.63, 3.8) is 0 Å². The summed E-state index contributed by atoms with van der Waals surface area (Å²) in [7, 11) is -1.72. The van der Waals surface area contributed by atoms with Crippen molar-refractivity contribution in [2.24, 2.45) is 4.99 Å². The Morgan fingerprint density at radius 3 is 2.46 bits per heavy atom. The summed E-state index contributed by atoms with van der Waals surface area (Å²) in [6.07, 6.45) is 0. The van der Waals surface area contributed by atoms with Gasteiger partial charge in [-0.25, -0.2) is 13.4 Å². The van der Waals surface area contributed by atoms with Crippen molar-refractivity contribution >= 4 is 73.0 Å². The number of carbonyl (C=O) groups is 1. The number of benzene rings is 3. The molecule has 0 atom stereocenters. The average Bonchev–Trinajstić information content (AvgIpc) is 3.66. The largest absolute Gasteiger partial charge is 0.337 e. The molecule has 0 unspecified atom stereocenters. The van der Waals surface area contributed by atoms with E-state index in [0.29, 0.717) is 28.0 Å². The number of carbonyl (C=O) groups excluding carboxylic acids is 1. The fourth-order valence-electron chi connectivity index (χ4n) is 4.20. The van der Waals surface area contributed by atoms with Crippen LogP contribution in [0.5, 0.6) is 0 Å². The molecule has 196 valence electrons. The van der Waals surface area contributed by atoms with Crippen LogP contribution in [-0.4, -0.2) is 31.4 Å². The number of amides is 1. The number of aliphatic imine (C=N–C) groups is 1. The number of hydrogen-bond acceptors (Lipinski definition) is 8. The first kappa shape index (κ1) is 25.8. The van der Waals surface area contributed by atoms with Crippen molar-refractivity contribution in [1.82, 2.24) is 4.90 Å². The predicted octanol–water partition coefficient (Wildman–Crippen LogP) is 6.72. The summed E-state index contributed by atoms with van der Waals surface area (Å²) < 4.78 is 28.3. The van der Waals surface area contributed by atoms with Crippen LogP contribution in [0, 0.1) is 0 Å². The lowest BCUT2D eigenvalue weighted by atomic mass is 10.2. The van der Waals surface area contributed by atoms with E-state index in [1.165, 1.54) is 11.8 Å². The minimum absolute atomic E-state index is 0.112. The van der Waals surface area contributed by atoms with Crippen molar-refractivity contribution < 1.29 is 13.2 Å². The number of hydrogen-bond donors (Lipinski definition) is 1. The van der Waals surface area contributed by atoms with Crippen LogP contribution in [0.25, 0.3) is 0 Å². The van der Waals surface area contributed by atoms with Crippen molar-refractivity contribution in [1.29, 1.82) is 0 Å². The summed E-state index contributed by atoms with van der Waals surface area (Å²) in [6, 6.07) is 28.0. The molecule has 7 nitrogen and oxygen atoms in total. The second-order valence-electron chi connectivity index (χ2n) is 8.72. The molecule has 1 saturated heterocycles.